The maximum atomic E-state index is 12.9. The third kappa shape index (κ3) is 3.63. The molecule has 3 aromatic rings. The minimum atomic E-state index is 0.0589. The summed E-state index contributed by atoms with van der Waals surface area (Å²) < 4.78 is 0. The van der Waals surface area contributed by atoms with Gasteiger partial charge in [-0.2, -0.15) is 5.10 Å². The number of aromatic amines is 1. The van der Waals surface area contributed by atoms with E-state index in [2.05, 4.69) is 46.4 Å². The molecule has 5 nitrogen and oxygen atoms in total. The number of carbonyl (C=O) groups excluding carboxylic acids is 1. The molecule has 3 heterocycles. The molecule has 138 valence electrons. The summed E-state index contributed by atoms with van der Waals surface area (Å²) in [6.07, 6.45) is 5.61. The van der Waals surface area contributed by atoms with Gasteiger partial charge in [0.05, 0.1) is 11.8 Å². The fourth-order valence-electron chi connectivity index (χ4n) is 3.74. The Morgan fingerprint density at radius 1 is 1.11 bits per heavy atom. The van der Waals surface area contributed by atoms with Gasteiger partial charge in [-0.05, 0) is 44.4 Å². The number of carbonyl (C=O) groups is 1. The van der Waals surface area contributed by atoms with E-state index in [9.17, 15) is 4.79 Å². The first-order valence-corrected chi connectivity index (χ1v) is 9.44. The number of rotatable bonds is 3. The van der Waals surface area contributed by atoms with Crippen molar-refractivity contribution in [2.75, 3.05) is 13.1 Å². The van der Waals surface area contributed by atoms with E-state index in [4.69, 9.17) is 0 Å². The smallest absolute Gasteiger partial charge is 0.255 e. The predicted molar refractivity (Wildman–Crippen MR) is 106 cm³/mol. The molecule has 1 unspecified atom stereocenters. The van der Waals surface area contributed by atoms with Crippen LogP contribution in [0.1, 0.15) is 46.1 Å². The molecule has 27 heavy (non-hydrogen) atoms. The van der Waals surface area contributed by atoms with E-state index in [0.717, 1.165) is 41.9 Å². The second-order valence-electron chi connectivity index (χ2n) is 7.34. The van der Waals surface area contributed by atoms with Crippen LogP contribution in [0, 0.1) is 13.8 Å². The van der Waals surface area contributed by atoms with E-state index in [1.807, 2.05) is 30.2 Å². The summed E-state index contributed by atoms with van der Waals surface area (Å²) in [6.45, 7) is 5.51. The standard InChI is InChI=1S/C22H24N4O/c1-15-5-8-17(9-6-15)20-13-24-25-21(20)19-4-3-11-26(14-19)22(27)18-10-7-16(2)23-12-18/h5-10,12-13,19H,3-4,11,14H2,1-2H3,(H,24,25). The van der Waals surface area contributed by atoms with Crippen molar-refractivity contribution in [3.8, 4) is 11.1 Å². The number of nitrogens with zero attached hydrogens (tertiary/aromatic N) is 3. The molecule has 1 amide bonds. The topological polar surface area (TPSA) is 61.9 Å². The second kappa shape index (κ2) is 7.35. The van der Waals surface area contributed by atoms with Crippen LogP contribution in [0.25, 0.3) is 11.1 Å². The van der Waals surface area contributed by atoms with Crippen LogP contribution in [0.5, 0.6) is 0 Å². The second-order valence-corrected chi connectivity index (χ2v) is 7.34. The highest BCUT2D eigenvalue weighted by atomic mass is 16.2. The molecule has 1 aliphatic rings. The molecule has 0 bridgehead atoms. The number of piperidine rings is 1. The average molecular weight is 360 g/mol. The van der Waals surface area contributed by atoms with E-state index < -0.39 is 0 Å². The normalized spacial score (nSPS) is 17.1. The predicted octanol–water partition coefficient (Wildman–Crippen LogP) is 4.11. The molecule has 1 aromatic carbocycles. The molecule has 1 atom stereocenters. The maximum absolute atomic E-state index is 12.9. The average Bonchev–Trinajstić information content (AvgIpc) is 3.18. The van der Waals surface area contributed by atoms with Crippen LogP contribution in [0.4, 0.5) is 0 Å². The van der Waals surface area contributed by atoms with Gasteiger partial charge in [0.1, 0.15) is 0 Å². The SMILES string of the molecule is Cc1ccc(-c2cn[nH]c2C2CCCN(C(=O)c3ccc(C)nc3)C2)cc1. The third-order valence-electron chi connectivity index (χ3n) is 5.31. The Bertz CT molecular complexity index is 928. The van der Waals surface area contributed by atoms with Crippen molar-refractivity contribution in [3.63, 3.8) is 0 Å². The molecule has 1 N–H and O–H groups in total. The summed E-state index contributed by atoms with van der Waals surface area (Å²) in [5.74, 6) is 0.323. The number of aromatic nitrogens is 3. The van der Waals surface area contributed by atoms with E-state index in [1.54, 1.807) is 6.20 Å². The highest BCUT2D eigenvalue weighted by Crippen LogP contribution is 2.33. The number of likely N-dealkylation sites (tertiary alicyclic amines) is 1. The molecule has 0 radical (unpaired) electrons. The van der Waals surface area contributed by atoms with Gasteiger partial charge in [-0.25, -0.2) is 0 Å². The van der Waals surface area contributed by atoms with Crippen molar-refractivity contribution in [3.05, 3.63) is 71.3 Å². The number of nitrogens with one attached hydrogen (secondary N) is 1. The van der Waals surface area contributed by atoms with Gasteiger partial charge in [-0.3, -0.25) is 14.9 Å². The van der Waals surface area contributed by atoms with E-state index >= 15 is 0 Å². The lowest BCUT2D eigenvalue weighted by molar-refractivity contribution is 0.0705. The first-order chi connectivity index (χ1) is 13.1. The Morgan fingerprint density at radius 3 is 2.67 bits per heavy atom. The van der Waals surface area contributed by atoms with E-state index in [-0.39, 0.29) is 11.8 Å². The number of benzene rings is 1. The lowest BCUT2D eigenvalue weighted by Gasteiger charge is -2.32. The Balaban J connectivity index is 1.55. The van der Waals surface area contributed by atoms with E-state index in [1.165, 1.54) is 5.56 Å². The van der Waals surface area contributed by atoms with Gasteiger partial charge < -0.3 is 4.90 Å². The van der Waals surface area contributed by atoms with Crippen molar-refractivity contribution in [2.24, 2.45) is 0 Å². The van der Waals surface area contributed by atoms with Crippen LogP contribution >= 0.6 is 0 Å². The van der Waals surface area contributed by atoms with Crippen molar-refractivity contribution in [2.45, 2.75) is 32.6 Å². The Morgan fingerprint density at radius 2 is 1.93 bits per heavy atom. The molecule has 0 aliphatic carbocycles. The summed E-state index contributed by atoms with van der Waals surface area (Å²) in [7, 11) is 0. The fourth-order valence-corrected chi connectivity index (χ4v) is 3.74. The highest BCUT2D eigenvalue weighted by Gasteiger charge is 2.28. The van der Waals surface area contributed by atoms with Gasteiger partial charge in [0, 0.05) is 42.2 Å². The first kappa shape index (κ1) is 17.5. The zero-order chi connectivity index (χ0) is 18.8. The van der Waals surface area contributed by atoms with Gasteiger partial charge in [-0.1, -0.05) is 29.8 Å². The molecule has 1 fully saturated rings. The molecule has 1 aliphatic heterocycles. The van der Waals surface area contributed by atoms with Crippen LogP contribution in [0.3, 0.4) is 0 Å². The lowest BCUT2D eigenvalue weighted by atomic mass is 9.90. The maximum Gasteiger partial charge on any atom is 0.255 e. The van der Waals surface area contributed by atoms with Gasteiger partial charge >= 0.3 is 0 Å². The minimum absolute atomic E-state index is 0.0589. The van der Waals surface area contributed by atoms with Gasteiger partial charge in [0.15, 0.2) is 0 Å². The number of hydrogen-bond donors (Lipinski definition) is 1. The molecule has 0 spiro atoms. The molecule has 2 aromatic heterocycles. The summed E-state index contributed by atoms with van der Waals surface area (Å²) in [5.41, 5.74) is 6.23. The number of hydrogen-bond acceptors (Lipinski definition) is 3. The summed E-state index contributed by atoms with van der Waals surface area (Å²) in [6, 6.07) is 12.3. The van der Waals surface area contributed by atoms with Crippen molar-refractivity contribution >= 4 is 5.91 Å². The molecular weight excluding hydrogens is 336 g/mol. The molecule has 1 saturated heterocycles. The van der Waals surface area contributed by atoms with Gasteiger partial charge in [-0.15, -0.1) is 0 Å². The molecule has 5 heteroatoms. The van der Waals surface area contributed by atoms with Crippen molar-refractivity contribution in [1.82, 2.24) is 20.1 Å². The number of aryl methyl sites for hydroxylation is 2. The van der Waals surface area contributed by atoms with Crippen LogP contribution in [0.15, 0.2) is 48.8 Å². The summed E-state index contributed by atoms with van der Waals surface area (Å²) in [4.78, 5) is 19.1. The van der Waals surface area contributed by atoms with Gasteiger partial charge in [0.25, 0.3) is 5.91 Å². The first-order valence-electron chi connectivity index (χ1n) is 9.44. The minimum Gasteiger partial charge on any atom is -0.338 e. The molecular formula is C22H24N4O. The van der Waals surface area contributed by atoms with Crippen LogP contribution in [-0.4, -0.2) is 39.1 Å². The number of H-pyrrole nitrogens is 1. The van der Waals surface area contributed by atoms with Crippen LogP contribution < -0.4 is 0 Å². The monoisotopic (exact) mass is 360 g/mol. The van der Waals surface area contributed by atoms with Crippen LogP contribution in [-0.2, 0) is 0 Å². The summed E-state index contributed by atoms with van der Waals surface area (Å²) >= 11 is 0. The largest absolute Gasteiger partial charge is 0.338 e. The van der Waals surface area contributed by atoms with Crippen molar-refractivity contribution < 1.29 is 4.79 Å². The zero-order valence-electron chi connectivity index (χ0n) is 15.8. The molecule has 0 saturated carbocycles. The number of amides is 1. The Labute approximate surface area is 159 Å². The highest BCUT2D eigenvalue weighted by molar-refractivity contribution is 5.94. The van der Waals surface area contributed by atoms with Crippen LogP contribution in [0.2, 0.25) is 0 Å². The molecule has 4 rings (SSSR count). The number of pyridine rings is 1. The van der Waals surface area contributed by atoms with Crippen molar-refractivity contribution in [1.29, 1.82) is 0 Å². The Hall–Kier alpha value is -2.95. The van der Waals surface area contributed by atoms with Gasteiger partial charge in [0.2, 0.25) is 0 Å². The lowest BCUT2D eigenvalue weighted by Crippen LogP contribution is -2.39. The van der Waals surface area contributed by atoms with E-state index in [0.29, 0.717) is 12.1 Å². The fraction of sp³-hybridized carbons (Fsp3) is 0.318. The summed E-state index contributed by atoms with van der Waals surface area (Å²) in [5, 5.41) is 7.49. The zero-order valence-corrected chi connectivity index (χ0v) is 15.8. The quantitative estimate of drug-likeness (QED) is 0.765. The Kier molecular flexibility index (Phi) is 4.75. The third-order valence-corrected chi connectivity index (χ3v) is 5.31.